The van der Waals surface area contributed by atoms with E-state index in [-0.39, 0.29) is 23.5 Å². The van der Waals surface area contributed by atoms with Gasteiger partial charge in [0.05, 0.1) is 29.3 Å². The Labute approximate surface area is 202 Å². The van der Waals surface area contributed by atoms with E-state index in [1.54, 1.807) is 6.20 Å². The number of amides is 2. The molecule has 1 N–H and O–H groups in total. The van der Waals surface area contributed by atoms with Crippen molar-refractivity contribution in [2.45, 2.75) is 37.5 Å². The molecule has 0 fully saturated rings. The molecule has 1 unspecified atom stereocenters. The molecule has 1 aromatic carbocycles. The summed E-state index contributed by atoms with van der Waals surface area (Å²) in [5.74, 6) is 0.125. The molecule has 1 aromatic heterocycles. The monoisotopic (exact) mass is 474 g/mol. The third kappa shape index (κ3) is 3.53. The number of nitriles is 1. The molecule has 3 aliphatic rings. The quantitative estimate of drug-likeness (QED) is 0.539. The van der Waals surface area contributed by atoms with Crippen LogP contribution in [0.25, 0.3) is 0 Å². The van der Waals surface area contributed by atoms with Crippen LogP contribution in [0.15, 0.2) is 48.8 Å². The van der Waals surface area contributed by atoms with Crippen LogP contribution in [0, 0.1) is 11.3 Å². The van der Waals surface area contributed by atoms with E-state index in [2.05, 4.69) is 34.0 Å². The zero-order valence-corrected chi connectivity index (χ0v) is 19.3. The summed E-state index contributed by atoms with van der Waals surface area (Å²) in [6.07, 6.45) is 6.03. The summed E-state index contributed by atoms with van der Waals surface area (Å²) in [5, 5.41) is 12.4. The van der Waals surface area contributed by atoms with Crippen LogP contribution in [-0.2, 0) is 27.8 Å². The molecule has 0 saturated carbocycles. The van der Waals surface area contributed by atoms with Gasteiger partial charge in [0.2, 0.25) is 17.1 Å². The molecule has 1 aliphatic carbocycles. The fourth-order valence-electron chi connectivity index (χ4n) is 5.28. The lowest BCUT2D eigenvalue weighted by atomic mass is 9.65. The fourth-order valence-corrected chi connectivity index (χ4v) is 5.47. The maximum atomic E-state index is 13.6. The number of rotatable bonds is 3. The molecule has 2 aromatic rings. The minimum Gasteiger partial charge on any atom is -0.328 e. The predicted molar refractivity (Wildman–Crippen MR) is 128 cm³/mol. The van der Waals surface area contributed by atoms with Crippen LogP contribution < -0.4 is 10.2 Å². The van der Waals surface area contributed by atoms with Crippen molar-refractivity contribution in [1.29, 1.82) is 5.26 Å². The SMILES string of the molecule is C=CC(=O)N1CCN(c2nc(Cl)nc3c2NC(=O)C2(CCCc4ccccc42)C3)C=C1CC#N. The number of aryl methyl sites for hydroxylation is 1. The highest BCUT2D eigenvalue weighted by atomic mass is 35.5. The van der Waals surface area contributed by atoms with E-state index >= 15 is 0 Å². The van der Waals surface area contributed by atoms with E-state index in [4.69, 9.17) is 11.6 Å². The van der Waals surface area contributed by atoms with Crippen molar-refractivity contribution in [2.75, 3.05) is 23.3 Å². The molecule has 9 heteroatoms. The van der Waals surface area contributed by atoms with Crippen LogP contribution in [0.3, 0.4) is 0 Å². The molecule has 2 amide bonds. The maximum Gasteiger partial charge on any atom is 0.250 e. The van der Waals surface area contributed by atoms with Gasteiger partial charge in [0.1, 0.15) is 5.69 Å². The molecule has 1 atom stereocenters. The molecule has 0 radical (unpaired) electrons. The van der Waals surface area contributed by atoms with E-state index in [0.29, 0.717) is 42.4 Å². The van der Waals surface area contributed by atoms with Crippen molar-refractivity contribution < 1.29 is 9.59 Å². The van der Waals surface area contributed by atoms with Gasteiger partial charge in [0.15, 0.2) is 5.82 Å². The van der Waals surface area contributed by atoms with E-state index < -0.39 is 5.41 Å². The van der Waals surface area contributed by atoms with Crippen LogP contribution >= 0.6 is 11.6 Å². The number of halogens is 1. The number of hydrogen-bond acceptors (Lipinski definition) is 6. The van der Waals surface area contributed by atoms with E-state index in [1.165, 1.54) is 16.5 Å². The van der Waals surface area contributed by atoms with Gasteiger partial charge in [-0.1, -0.05) is 30.8 Å². The molecule has 0 bridgehead atoms. The average molecular weight is 475 g/mol. The minimum atomic E-state index is -0.687. The Balaban J connectivity index is 1.57. The van der Waals surface area contributed by atoms with Gasteiger partial charge in [-0.2, -0.15) is 10.2 Å². The lowest BCUT2D eigenvalue weighted by Crippen LogP contribution is -2.48. The first-order chi connectivity index (χ1) is 16.5. The largest absolute Gasteiger partial charge is 0.328 e. The van der Waals surface area contributed by atoms with Crippen LogP contribution in [0.2, 0.25) is 5.28 Å². The van der Waals surface area contributed by atoms with Gasteiger partial charge in [-0.05, 0) is 48.1 Å². The van der Waals surface area contributed by atoms with E-state index in [1.807, 2.05) is 23.1 Å². The number of carbonyl (C=O) groups is 2. The molecule has 5 rings (SSSR count). The molecule has 8 nitrogen and oxygen atoms in total. The third-order valence-electron chi connectivity index (χ3n) is 6.85. The molecule has 1 spiro atoms. The molecular formula is C25H23ClN6O2. The number of fused-ring (bicyclic) bond motifs is 3. The normalized spacial score (nSPS) is 21.2. The van der Waals surface area contributed by atoms with Crippen LogP contribution in [0.5, 0.6) is 0 Å². The minimum absolute atomic E-state index is 0.0450. The number of allylic oxidation sites excluding steroid dienone is 1. The first kappa shape index (κ1) is 22.1. The first-order valence-corrected chi connectivity index (χ1v) is 11.6. The summed E-state index contributed by atoms with van der Waals surface area (Å²) in [6.45, 7) is 4.30. The summed E-state index contributed by atoms with van der Waals surface area (Å²) >= 11 is 6.35. The Morgan fingerprint density at radius 3 is 2.94 bits per heavy atom. The van der Waals surface area contributed by atoms with Gasteiger partial charge >= 0.3 is 0 Å². The van der Waals surface area contributed by atoms with Crippen LogP contribution in [0.4, 0.5) is 11.5 Å². The van der Waals surface area contributed by atoms with Gasteiger partial charge in [-0.25, -0.2) is 4.98 Å². The molecule has 172 valence electrons. The zero-order chi connectivity index (χ0) is 23.9. The van der Waals surface area contributed by atoms with Crippen molar-refractivity contribution in [3.05, 3.63) is 70.9 Å². The second kappa shape index (κ2) is 8.58. The zero-order valence-electron chi connectivity index (χ0n) is 18.6. The summed E-state index contributed by atoms with van der Waals surface area (Å²) in [7, 11) is 0. The van der Waals surface area contributed by atoms with Crippen molar-refractivity contribution in [3.63, 3.8) is 0 Å². The van der Waals surface area contributed by atoms with Crippen molar-refractivity contribution in [2.24, 2.45) is 0 Å². The average Bonchev–Trinajstić information content (AvgIpc) is 2.84. The first-order valence-electron chi connectivity index (χ1n) is 11.2. The number of aromatic nitrogens is 2. The van der Waals surface area contributed by atoms with Crippen molar-refractivity contribution in [3.8, 4) is 6.07 Å². The number of nitrogens with one attached hydrogen (secondary N) is 1. The van der Waals surface area contributed by atoms with Gasteiger partial charge < -0.3 is 15.1 Å². The van der Waals surface area contributed by atoms with Gasteiger partial charge in [0, 0.05) is 25.7 Å². The molecule has 34 heavy (non-hydrogen) atoms. The van der Waals surface area contributed by atoms with Crippen LogP contribution in [0.1, 0.15) is 36.1 Å². The Kier molecular flexibility index (Phi) is 5.58. The molecule has 0 saturated heterocycles. The molecular weight excluding hydrogens is 452 g/mol. The Morgan fingerprint density at radius 1 is 1.32 bits per heavy atom. The Bertz CT molecular complexity index is 1280. The van der Waals surface area contributed by atoms with Gasteiger partial charge in [-0.15, -0.1) is 0 Å². The Morgan fingerprint density at radius 2 is 2.15 bits per heavy atom. The van der Waals surface area contributed by atoms with Crippen molar-refractivity contribution in [1.82, 2.24) is 14.9 Å². The lowest BCUT2D eigenvalue weighted by molar-refractivity contribution is -0.124. The summed E-state index contributed by atoms with van der Waals surface area (Å²) in [4.78, 5) is 38.1. The van der Waals surface area contributed by atoms with Gasteiger partial charge in [-0.3, -0.25) is 9.59 Å². The Hall–Kier alpha value is -3.70. The second-order valence-electron chi connectivity index (χ2n) is 8.70. The third-order valence-corrected chi connectivity index (χ3v) is 7.02. The molecule has 2 aliphatic heterocycles. The van der Waals surface area contributed by atoms with Gasteiger partial charge in [0.25, 0.3) is 0 Å². The fraction of sp³-hybridized carbons (Fsp3) is 0.320. The maximum absolute atomic E-state index is 13.6. The van der Waals surface area contributed by atoms with Crippen molar-refractivity contribution >= 4 is 34.9 Å². The summed E-state index contributed by atoms with van der Waals surface area (Å²) in [5.41, 5.74) is 3.30. The topological polar surface area (TPSA) is 102 Å². The number of hydrogen-bond donors (Lipinski definition) is 1. The number of anilines is 2. The standard InChI is InChI=1S/C25H23ClN6O2/c1-2-20(33)32-13-12-31(15-17(32)9-11-27)22-21-19(28-24(26)30-22)14-25(23(34)29-21)10-5-7-16-6-3-4-8-18(16)25/h2-4,6,8,15H,1,5,7,9-10,12-14H2,(H,29,34). The summed E-state index contributed by atoms with van der Waals surface area (Å²) < 4.78 is 0. The van der Waals surface area contributed by atoms with E-state index in [0.717, 1.165) is 24.8 Å². The number of benzene rings is 1. The van der Waals surface area contributed by atoms with E-state index in [9.17, 15) is 14.9 Å². The highest BCUT2D eigenvalue weighted by Crippen LogP contribution is 2.46. The number of nitrogens with zero attached hydrogens (tertiary/aromatic N) is 5. The highest BCUT2D eigenvalue weighted by Gasteiger charge is 2.48. The smallest absolute Gasteiger partial charge is 0.250 e. The summed E-state index contributed by atoms with van der Waals surface area (Å²) in [6, 6.07) is 10.2. The number of carbonyl (C=O) groups excluding carboxylic acids is 2. The molecule has 3 heterocycles. The lowest BCUT2D eigenvalue weighted by Gasteiger charge is -2.42. The highest BCUT2D eigenvalue weighted by molar-refractivity contribution is 6.28. The predicted octanol–water partition coefficient (Wildman–Crippen LogP) is 3.49. The van der Waals surface area contributed by atoms with Crippen LogP contribution in [-0.4, -0.2) is 39.8 Å². The second-order valence-corrected chi connectivity index (χ2v) is 9.04.